The average molecular weight is 442 g/mol. The van der Waals surface area contributed by atoms with E-state index in [0.29, 0.717) is 47.5 Å². The average Bonchev–Trinajstić information content (AvgIpc) is 2.72. The van der Waals surface area contributed by atoms with Gasteiger partial charge in [-0.2, -0.15) is 0 Å². The normalized spacial score (nSPS) is 11.2. The molecule has 6 nitrogen and oxygen atoms in total. The lowest BCUT2D eigenvalue weighted by Gasteiger charge is -2.27. The fourth-order valence-corrected chi connectivity index (χ4v) is 4.65. The van der Waals surface area contributed by atoms with E-state index in [4.69, 9.17) is 25.8 Å². The smallest absolute Gasteiger partial charge is 0.264 e. The summed E-state index contributed by atoms with van der Waals surface area (Å²) >= 11 is 6.20. The van der Waals surface area contributed by atoms with Crippen molar-refractivity contribution >= 4 is 27.3 Å². The van der Waals surface area contributed by atoms with Crippen LogP contribution in [0.15, 0.2) is 41.3 Å². The highest BCUT2D eigenvalue weighted by Gasteiger charge is 2.28. The molecule has 0 unspecified atom stereocenters. The van der Waals surface area contributed by atoms with Gasteiger partial charge in [-0.15, -0.1) is 0 Å². The minimum atomic E-state index is -3.84. The highest BCUT2D eigenvalue weighted by molar-refractivity contribution is 7.92. The number of anilines is 1. The zero-order valence-electron chi connectivity index (χ0n) is 17.3. The van der Waals surface area contributed by atoms with Crippen molar-refractivity contribution in [3.8, 4) is 17.2 Å². The van der Waals surface area contributed by atoms with E-state index in [1.807, 2.05) is 6.92 Å². The van der Waals surface area contributed by atoms with Gasteiger partial charge >= 0.3 is 0 Å². The molecule has 0 saturated carbocycles. The quantitative estimate of drug-likeness (QED) is 0.451. The first-order valence-corrected chi connectivity index (χ1v) is 11.4. The fourth-order valence-electron chi connectivity index (χ4n) is 2.92. The van der Waals surface area contributed by atoms with E-state index in [0.717, 1.165) is 12.8 Å². The zero-order valence-corrected chi connectivity index (χ0v) is 18.8. The first kappa shape index (κ1) is 23.2. The molecule has 0 amide bonds. The van der Waals surface area contributed by atoms with E-state index in [-0.39, 0.29) is 4.90 Å². The lowest BCUT2D eigenvalue weighted by atomic mass is 10.2. The number of nitrogens with zero attached hydrogens (tertiary/aromatic N) is 1. The molecule has 8 heteroatoms. The van der Waals surface area contributed by atoms with Crippen molar-refractivity contribution in [2.24, 2.45) is 0 Å². The number of benzene rings is 2. The van der Waals surface area contributed by atoms with Crippen LogP contribution < -0.4 is 18.5 Å². The predicted octanol–water partition coefficient (Wildman–Crippen LogP) is 5.14. The van der Waals surface area contributed by atoms with E-state index >= 15 is 0 Å². The second kappa shape index (κ2) is 10.6. The summed E-state index contributed by atoms with van der Waals surface area (Å²) < 4.78 is 44.5. The SMILES string of the molecule is CCCCCN(c1cc(OC)c(Cl)cc1OC)S(=O)(=O)c1ccc(OCC)cc1. The van der Waals surface area contributed by atoms with Gasteiger partial charge in [0.1, 0.15) is 17.2 Å². The van der Waals surface area contributed by atoms with Crippen molar-refractivity contribution in [1.29, 1.82) is 0 Å². The van der Waals surface area contributed by atoms with E-state index in [1.54, 1.807) is 36.4 Å². The number of halogens is 1. The number of methoxy groups -OCH3 is 2. The highest BCUT2D eigenvalue weighted by atomic mass is 35.5. The second-order valence-corrected chi connectivity index (χ2v) is 8.62. The molecule has 0 bridgehead atoms. The molecule has 0 heterocycles. The molecule has 0 aliphatic carbocycles. The second-order valence-electron chi connectivity index (χ2n) is 6.35. The summed E-state index contributed by atoms with van der Waals surface area (Å²) in [6, 6.07) is 9.57. The third-order valence-corrected chi connectivity index (χ3v) is 6.53. The van der Waals surface area contributed by atoms with Crippen molar-refractivity contribution in [2.45, 2.75) is 38.0 Å². The van der Waals surface area contributed by atoms with E-state index in [2.05, 4.69) is 6.92 Å². The van der Waals surface area contributed by atoms with Gasteiger partial charge in [0.25, 0.3) is 10.0 Å². The van der Waals surface area contributed by atoms with Crippen LogP contribution in [0.3, 0.4) is 0 Å². The summed E-state index contributed by atoms with van der Waals surface area (Å²) in [4.78, 5) is 0.174. The Morgan fingerprint density at radius 3 is 2.17 bits per heavy atom. The van der Waals surface area contributed by atoms with Gasteiger partial charge in [0.2, 0.25) is 0 Å². The lowest BCUT2D eigenvalue weighted by Crippen LogP contribution is -2.32. The maximum Gasteiger partial charge on any atom is 0.264 e. The summed E-state index contributed by atoms with van der Waals surface area (Å²) in [5.41, 5.74) is 0.388. The Hall–Kier alpha value is -2.12. The van der Waals surface area contributed by atoms with Crippen molar-refractivity contribution in [3.05, 3.63) is 41.4 Å². The van der Waals surface area contributed by atoms with Crippen molar-refractivity contribution in [1.82, 2.24) is 0 Å². The van der Waals surface area contributed by atoms with Crippen LogP contribution in [-0.2, 0) is 10.0 Å². The van der Waals surface area contributed by atoms with Crippen molar-refractivity contribution < 1.29 is 22.6 Å². The van der Waals surface area contributed by atoms with Crippen molar-refractivity contribution in [3.63, 3.8) is 0 Å². The van der Waals surface area contributed by atoms with Crippen LogP contribution in [0.1, 0.15) is 33.1 Å². The van der Waals surface area contributed by atoms with Gasteiger partial charge in [-0.05, 0) is 37.6 Å². The molecule has 0 aliphatic rings. The largest absolute Gasteiger partial charge is 0.495 e. The summed E-state index contributed by atoms with van der Waals surface area (Å²) in [6.07, 6.45) is 2.58. The first-order valence-electron chi connectivity index (χ1n) is 9.56. The molecule has 0 N–H and O–H groups in total. The Kier molecular flexibility index (Phi) is 8.46. The van der Waals surface area contributed by atoms with E-state index in [1.165, 1.54) is 18.5 Å². The number of rotatable bonds is 11. The maximum atomic E-state index is 13.5. The van der Waals surface area contributed by atoms with E-state index < -0.39 is 10.0 Å². The number of sulfonamides is 1. The number of hydrogen-bond donors (Lipinski definition) is 0. The van der Waals surface area contributed by atoms with Gasteiger partial charge in [-0.1, -0.05) is 31.4 Å². The molecular formula is C21H28ClNO5S. The van der Waals surface area contributed by atoms with Gasteiger partial charge in [0.15, 0.2) is 0 Å². The summed E-state index contributed by atoms with van der Waals surface area (Å²) in [7, 11) is -0.870. The Balaban J connectivity index is 2.54. The van der Waals surface area contributed by atoms with Crippen LogP contribution in [0, 0.1) is 0 Å². The van der Waals surface area contributed by atoms with Crippen LogP contribution in [0.2, 0.25) is 5.02 Å². The lowest BCUT2D eigenvalue weighted by molar-refractivity contribution is 0.340. The third-order valence-electron chi connectivity index (χ3n) is 4.41. The number of ether oxygens (including phenoxy) is 3. The third kappa shape index (κ3) is 5.48. The van der Waals surface area contributed by atoms with Crippen LogP contribution in [-0.4, -0.2) is 35.8 Å². The number of unbranched alkanes of at least 4 members (excludes halogenated alkanes) is 2. The van der Waals surface area contributed by atoms with Gasteiger partial charge in [-0.3, -0.25) is 4.31 Å². The Morgan fingerprint density at radius 2 is 1.62 bits per heavy atom. The summed E-state index contributed by atoms with van der Waals surface area (Å²) in [5, 5.41) is 0.347. The molecule has 0 aromatic heterocycles. The molecule has 2 rings (SSSR count). The Morgan fingerprint density at radius 1 is 0.966 bits per heavy atom. The topological polar surface area (TPSA) is 65.1 Å². The molecule has 0 fully saturated rings. The highest BCUT2D eigenvalue weighted by Crippen LogP contribution is 2.40. The molecule has 0 spiro atoms. The molecular weight excluding hydrogens is 414 g/mol. The van der Waals surface area contributed by atoms with E-state index in [9.17, 15) is 8.42 Å². The molecule has 0 saturated heterocycles. The van der Waals surface area contributed by atoms with Gasteiger partial charge in [0, 0.05) is 18.7 Å². The minimum absolute atomic E-state index is 0.174. The van der Waals surface area contributed by atoms with Crippen LogP contribution in [0.25, 0.3) is 0 Å². The van der Waals surface area contributed by atoms with Gasteiger partial charge < -0.3 is 14.2 Å². The monoisotopic (exact) mass is 441 g/mol. The Labute approximate surface area is 178 Å². The predicted molar refractivity (Wildman–Crippen MR) is 116 cm³/mol. The summed E-state index contributed by atoms with van der Waals surface area (Å²) in [6.45, 7) is 4.76. The first-order chi connectivity index (χ1) is 13.9. The number of hydrogen-bond acceptors (Lipinski definition) is 5. The molecule has 2 aromatic rings. The minimum Gasteiger partial charge on any atom is -0.495 e. The maximum absolute atomic E-state index is 13.5. The molecule has 29 heavy (non-hydrogen) atoms. The van der Waals surface area contributed by atoms with Crippen LogP contribution >= 0.6 is 11.6 Å². The van der Waals surface area contributed by atoms with Crippen LogP contribution in [0.5, 0.6) is 17.2 Å². The zero-order chi connectivity index (χ0) is 21.4. The van der Waals surface area contributed by atoms with Crippen molar-refractivity contribution in [2.75, 3.05) is 31.7 Å². The van der Waals surface area contributed by atoms with Gasteiger partial charge in [-0.25, -0.2) is 8.42 Å². The molecule has 160 valence electrons. The molecule has 0 atom stereocenters. The molecule has 2 aromatic carbocycles. The standard InChI is InChI=1S/C21H28ClNO5S/c1-5-7-8-13-23(19-15-20(26-3)18(22)14-21(19)27-4)29(24,25)17-11-9-16(10-12-17)28-6-2/h9-12,14-15H,5-8,13H2,1-4H3. The summed E-state index contributed by atoms with van der Waals surface area (Å²) in [5.74, 6) is 1.36. The fraction of sp³-hybridized carbons (Fsp3) is 0.429. The molecule has 0 aliphatic heterocycles. The molecule has 0 radical (unpaired) electrons. The Bertz CT molecular complexity index is 900. The van der Waals surface area contributed by atoms with Gasteiger partial charge in [0.05, 0.1) is 36.4 Å². The van der Waals surface area contributed by atoms with Crippen LogP contribution in [0.4, 0.5) is 5.69 Å².